The minimum Gasteiger partial charge on any atom is -0.393 e. The van der Waals surface area contributed by atoms with Crippen LogP contribution in [0.2, 0.25) is 0 Å². The van der Waals surface area contributed by atoms with Crippen LogP contribution in [0.1, 0.15) is 34.3 Å². The van der Waals surface area contributed by atoms with E-state index in [1.165, 1.54) is 0 Å². The van der Waals surface area contributed by atoms with Gasteiger partial charge >= 0.3 is 0 Å². The van der Waals surface area contributed by atoms with Crippen molar-refractivity contribution in [2.45, 2.75) is 38.3 Å². The average molecular weight is 351 g/mol. The molecule has 0 saturated heterocycles. The topological polar surface area (TPSA) is 92.4 Å². The highest BCUT2D eigenvalue weighted by molar-refractivity contribution is 5.99. The predicted octanol–water partition coefficient (Wildman–Crippen LogP) is 1.54. The molecule has 3 aromatic heterocycles. The number of aliphatic hydroxyl groups is 1. The monoisotopic (exact) mass is 351 g/mol. The van der Waals surface area contributed by atoms with Crippen molar-refractivity contribution < 1.29 is 9.90 Å². The second kappa shape index (κ2) is 6.84. The molecule has 4 rings (SSSR count). The van der Waals surface area contributed by atoms with Gasteiger partial charge < -0.3 is 10.4 Å². The number of hydrogen-bond acceptors (Lipinski definition) is 5. The maximum atomic E-state index is 12.9. The maximum Gasteiger partial charge on any atom is 0.257 e. The van der Waals surface area contributed by atoms with Gasteiger partial charge in [0.1, 0.15) is 5.56 Å². The molecule has 0 aromatic carbocycles. The van der Waals surface area contributed by atoms with Gasteiger partial charge in [0.25, 0.3) is 5.91 Å². The molecule has 0 aliphatic heterocycles. The number of aryl methyl sites for hydroxylation is 1. The van der Waals surface area contributed by atoms with E-state index in [1.54, 1.807) is 29.3 Å². The Hall–Kier alpha value is -2.80. The van der Waals surface area contributed by atoms with Crippen LogP contribution in [0.3, 0.4) is 0 Å². The Labute approximate surface area is 151 Å². The van der Waals surface area contributed by atoms with Crippen LogP contribution in [-0.4, -0.2) is 42.7 Å². The van der Waals surface area contributed by atoms with E-state index in [0.717, 1.165) is 11.1 Å². The fourth-order valence-electron chi connectivity index (χ4n) is 3.44. The molecule has 3 heterocycles. The maximum absolute atomic E-state index is 12.9. The van der Waals surface area contributed by atoms with Crippen molar-refractivity contribution in [1.29, 1.82) is 0 Å². The van der Waals surface area contributed by atoms with Gasteiger partial charge in [-0.15, -0.1) is 0 Å². The zero-order valence-corrected chi connectivity index (χ0v) is 14.5. The van der Waals surface area contributed by atoms with E-state index in [-0.39, 0.29) is 24.0 Å². The Kier molecular flexibility index (Phi) is 4.38. The summed E-state index contributed by atoms with van der Waals surface area (Å²) in [5, 5.41) is 17.0. The van der Waals surface area contributed by atoms with Gasteiger partial charge in [0.15, 0.2) is 5.65 Å². The van der Waals surface area contributed by atoms with Crippen LogP contribution in [-0.2, 0) is 6.42 Å². The number of fused-ring (bicyclic) bond motifs is 1. The van der Waals surface area contributed by atoms with Crippen molar-refractivity contribution in [3.63, 3.8) is 0 Å². The number of amides is 1. The lowest BCUT2D eigenvalue weighted by atomic mass is 9.75. The molecule has 3 aromatic rings. The number of rotatable bonds is 5. The smallest absolute Gasteiger partial charge is 0.257 e. The van der Waals surface area contributed by atoms with Crippen LogP contribution in [0.5, 0.6) is 0 Å². The van der Waals surface area contributed by atoms with Gasteiger partial charge in [0, 0.05) is 30.8 Å². The Bertz CT molecular complexity index is 918. The van der Waals surface area contributed by atoms with Gasteiger partial charge in [-0.3, -0.25) is 9.78 Å². The Morgan fingerprint density at radius 1 is 1.35 bits per heavy atom. The van der Waals surface area contributed by atoms with Crippen LogP contribution < -0.4 is 5.32 Å². The third kappa shape index (κ3) is 3.30. The second-order valence-electron chi connectivity index (χ2n) is 6.98. The van der Waals surface area contributed by atoms with Crippen molar-refractivity contribution >= 4 is 11.6 Å². The summed E-state index contributed by atoms with van der Waals surface area (Å²) < 4.78 is 1.62. The summed E-state index contributed by atoms with van der Waals surface area (Å²) in [5.41, 5.74) is 3.10. The number of pyridine rings is 1. The fourth-order valence-corrected chi connectivity index (χ4v) is 3.44. The number of aromatic nitrogens is 4. The average Bonchev–Trinajstić information content (AvgIpc) is 3.02. The molecule has 1 atom stereocenters. The van der Waals surface area contributed by atoms with Crippen molar-refractivity contribution in [2.75, 3.05) is 0 Å². The van der Waals surface area contributed by atoms with E-state index in [9.17, 15) is 9.90 Å². The van der Waals surface area contributed by atoms with Gasteiger partial charge in [-0.2, -0.15) is 5.10 Å². The lowest BCUT2D eigenvalue weighted by Crippen LogP contribution is -2.48. The molecule has 0 spiro atoms. The van der Waals surface area contributed by atoms with E-state index in [2.05, 4.69) is 20.4 Å². The highest BCUT2D eigenvalue weighted by Gasteiger charge is 2.35. The molecule has 26 heavy (non-hydrogen) atoms. The fraction of sp³-hybridized carbons (Fsp3) is 0.368. The quantitative estimate of drug-likeness (QED) is 0.727. The van der Waals surface area contributed by atoms with Gasteiger partial charge in [0.05, 0.1) is 12.3 Å². The minimum atomic E-state index is -0.265. The van der Waals surface area contributed by atoms with E-state index >= 15 is 0 Å². The van der Waals surface area contributed by atoms with Crippen LogP contribution >= 0.6 is 0 Å². The molecule has 1 aliphatic rings. The molecule has 1 aliphatic carbocycles. The van der Waals surface area contributed by atoms with Gasteiger partial charge in [-0.1, -0.05) is 0 Å². The van der Waals surface area contributed by atoms with E-state index in [0.29, 0.717) is 30.5 Å². The minimum absolute atomic E-state index is 0.0475. The van der Waals surface area contributed by atoms with Crippen LogP contribution in [0.4, 0.5) is 0 Å². The molecule has 2 N–H and O–H groups in total. The number of aliphatic hydroxyl groups excluding tert-OH is 1. The van der Waals surface area contributed by atoms with Crippen molar-refractivity contribution in [2.24, 2.45) is 5.92 Å². The number of carbonyl (C=O) groups excluding carboxylic acids is 1. The van der Waals surface area contributed by atoms with Gasteiger partial charge in [-0.25, -0.2) is 9.50 Å². The van der Waals surface area contributed by atoms with Crippen molar-refractivity contribution in [3.05, 3.63) is 59.8 Å². The lowest BCUT2D eigenvalue weighted by molar-refractivity contribution is 0.0239. The first-order valence-electron chi connectivity index (χ1n) is 8.78. The van der Waals surface area contributed by atoms with Crippen molar-refractivity contribution in [1.82, 2.24) is 24.9 Å². The summed E-state index contributed by atoms with van der Waals surface area (Å²) in [5.74, 6) is 0.0796. The Morgan fingerprint density at radius 2 is 2.12 bits per heavy atom. The molecule has 1 fully saturated rings. The summed E-state index contributed by atoms with van der Waals surface area (Å²) in [4.78, 5) is 21.2. The molecule has 134 valence electrons. The zero-order valence-electron chi connectivity index (χ0n) is 14.5. The lowest BCUT2D eigenvalue weighted by Gasteiger charge is -2.38. The zero-order chi connectivity index (χ0) is 18.1. The first-order chi connectivity index (χ1) is 12.6. The Morgan fingerprint density at radius 3 is 2.85 bits per heavy atom. The molecule has 1 amide bonds. The highest BCUT2D eigenvalue weighted by atomic mass is 16.3. The standard InChI is InChI=1S/C19H21N5O2/c1-12-9-21-18-16(10-22-24(18)11-12)19(26)23-17(14-7-15(25)8-14)6-13-2-4-20-5-3-13/h2-5,9-11,14-15,17,25H,6-8H2,1H3,(H,23,26). The predicted molar refractivity (Wildman–Crippen MR) is 95.7 cm³/mol. The van der Waals surface area contributed by atoms with E-state index in [1.807, 2.05) is 25.3 Å². The summed E-state index contributed by atoms with van der Waals surface area (Å²) in [6, 6.07) is 3.86. The molecule has 7 nitrogen and oxygen atoms in total. The third-order valence-corrected chi connectivity index (χ3v) is 4.97. The summed E-state index contributed by atoms with van der Waals surface area (Å²) in [6.45, 7) is 1.93. The summed E-state index contributed by atoms with van der Waals surface area (Å²) >= 11 is 0. The van der Waals surface area contributed by atoms with Gasteiger partial charge in [-0.05, 0) is 55.4 Å². The first-order valence-corrected chi connectivity index (χ1v) is 8.78. The molecule has 1 unspecified atom stereocenters. The summed E-state index contributed by atoms with van der Waals surface area (Å²) in [7, 11) is 0. The molecule has 7 heteroatoms. The third-order valence-electron chi connectivity index (χ3n) is 4.97. The number of nitrogens with zero attached hydrogens (tertiary/aromatic N) is 4. The molecule has 0 bridgehead atoms. The number of hydrogen-bond donors (Lipinski definition) is 2. The van der Waals surface area contributed by atoms with Crippen LogP contribution in [0.15, 0.2) is 43.1 Å². The SMILES string of the molecule is Cc1cnc2c(C(=O)NC(Cc3ccncc3)C3CC(O)C3)cnn2c1. The highest BCUT2D eigenvalue weighted by Crippen LogP contribution is 2.32. The second-order valence-corrected chi connectivity index (χ2v) is 6.98. The normalized spacial score (nSPS) is 20.5. The molecule has 1 saturated carbocycles. The van der Waals surface area contributed by atoms with Crippen LogP contribution in [0.25, 0.3) is 5.65 Å². The molecular formula is C19H21N5O2. The van der Waals surface area contributed by atoms with Crippen molar-refractivity contribution in [3.8, 4) is 0 Å². The first kappa shape index (κ1) is 16.7. The largest absolute Gasteiger partial charge is 0.393 e. The van der Waals surface area contributed by atoms with Gasteiger partial charge in [0.2, 0.25) is 0 Å². The van der Waals surface area contributed by atoms with E-state index in [4.69, 9.17) is 0 Å². The number of carbonyl (C=O) groups is 1. The number of nitrogens with one attached hydrogen (secondary N) is 1. The summed E-state index contributed by atoms with van der Waals surface area (Å²) in [6.07, 6.45) is 10.5. The Balaban J connectivity index is 1.55. The van der Waals surface area contributed by atoms with E-state index < -0.39 is 0 Å². The molecular weight excluding hydrogens is 330 g/mol. The van der Waals surface area contributed by atoms with Crippen LogP contribution in [0, 0.1) is 12.8 Å². The molecule has 0 radical (unpaired) electrons.